The summed E-state index contributed by atoms with van der Waals surface area (Å²) in [7, 11) is 0. The highest BCUT2D eigenvalue weighted by Gasteiger charge is 2.14. The highest BCUT2D eigenvalue weighted by atomic mass is 16.5. The van der Waals surface area contributed by atoms with Crippen molar-refractivity contribution in [2.24, 2.45) is 16.6 Å². The second kappa shape index (κ2) is 9.67. The molecule has 2 aliphatic heterocycles. The second-order valence-electron chi connectivity index (χ2n) is 7.34. The van der Waals surface area contributed by atoms with Crippen LogP contribution in [-0.2, 0) is 0 Å². The van der Waals surface area contributed by atoms with Gasteiger partial charge in [-0.15, -0.1) is 0 Å². The van der Waals surface area contributed by atoms with E-state index < -0.39 is 0 Å². The van der Waals surface area contributed by atoms with Crippen molar-refractivity contribution >= 4 is 11.6 Å². The van der Waals surface area contributed by atoms with Crippen molar-refractivity contribution in [1.82, 2.24) is 4.90 Å². The number of ether oxygens (including phenoxy) is 2. The molecule has 0 radical (unpaired) electrons. The van der Waals surface area contributed by atoms with E-state index in [0.717, 1.165) is 42.5 Å². The molecule has 2 aliphatic rings. The SMILES string of the molecule is CC1CCN(CCCCN=C(N)Nc2ccc3c(c2)OCCCO3)CC1. The number of anilines is 1. The number of guanidine groups is 1. The Labute approximate surface area is 156 Å². The van der Waals surface area contributed by atoms with E-state index in [-0.39, 0.29) is 0 Å². The fraction of sp³-hybridized carbons (Fsp3) is 0.650. The van der Waals surface area contributed by atoms with Crippen molar-refractivity contribution in [1.29, 1.82) is 0 Å². The number of likely N-dealkylation sites (tertiary alicyclic amines) is 1. The van der Waals surface area contributed by atoms with E-state index in [9.17, 15) is 0 Å². The van der Waals surface area contributed by atoms with Gasteiger partial charge in [-0.3, -0.25) is 4.99 Å². The van der Waals surface area contributed by atoms with Gasteiger partial charge in [-0.1, -0.05) is 6.92 Å². The summed E-state index contributed by atoms with van der Waals surface area (Å²) < 4.78 is 11.3. The zero-order valence-electron chi connectivity index (χ0n) is 15.9. The number of fused-ring (bicyclic) bond motifs is 1. The monoisotopic (exact) mass is 360 g/mol. The van der Waals surface area contributed by atoms with Crippen molar-refractivity contribution in [2.45, 2.75) is 39.0 Å². The van der Waals surface area contributed by atoms with Crippen molar-refractivity contribution in [2.75, 3.05) is 44.7 Å². The van der Waals surface area contributed by atoms with Crippen molar-refractivity contribution in [3.63, 3.8) is 0 Å². The summed E-state index contributed by atoms with van der Waals surface area (Å²) in [6.45, 7) is 8.16. The number of unbranched alkanes of at least 4 members (excludes halogenated alkanes) is 1. The van der Waals surface area contributed by atoms with Gasteiger partial charge in [0.25, 0.3) is 0 Å². The predicted molar refractivity (Wildman–Crippen MR) is 106 cm³/mol. The van der Waals surface area contributed by atoms with Gasteiger partial charge >= 0.3 is 0 Å². The molecule has 0 bridgehead atoms. The fourth-order valence-electron chi connectivity index (χ4n) is 3.36. The van der Waals surface area contributed by atoms with E-state index in [1.807, 2.05) is 18.2 Å². The maximum Gasteiger partial charge on any atom is 0.193 e. The molecule has 2 heterocycles. The number of piperidine rings is 1. The van der Waals surface area contributed by atoms with Gasteiger partial charge < -0.3 is 25.4 Å². The van der Waals surface area contributed by atoms with Crippen LogP contribution >= 0.6 is 0 Å². The maximum absolute atomic E-state index is 6.01. The van der Waals surface area contributed by atoms with Gasteiger partial charge in [0, 0.05) is 24.7 Å². The lowest BCUT2D eigenvalue weighted by Crippen LogP contribution is -2.33. The molecule has 1 fully saturated rings. The first-order chi connectivity index (χ1) is 12.7. The van der Waals surface area contributed by atoms with Gasteiger partial charge in [0.05, 0.1) is 13.2 Å². The topological polar surface area (TPSA) is 72.1 Å². The van der Waals surface area contributed by atoms with Crippen LogP contribution in [-0.4, -0.2) is 50.3 Å². The van der Waals surface area contributed by atoms with Gasteiger partial charge in [0.2, 0.25) is 0 Å². The standard InChI is InChI=1S/C20H32N4O2/c1-16-7-11-24(12-8-16)10-3-2-9-22-20(21)23-17-5-6-18-19(15-17)26-14-4-13-25-18/h5-6,15-16H,2-4,7-14H2,1H3,(H3,21,22,23). The van der Waals surface area contributed by atoms with Gasteiger partial charge in [-0.05, 0) is 63.4 Å². The van der Waals surface area contributed by atoms with Crippen LogP contribution in [0.1, 0.15) is 39.0 Å². The van der Waals surface area contributed by atoms with Crippen LogP contribution < -0.4 is 20.5 Å². The molecule has 3 rings (SSSR count). The summed E-state index contributed by atoms with van der Waals surface area (Å²) in [6, 6.07) is 5.77. The lowest BCUT2D eigenvalue weighted by atomic mass is 9.99. The van der Waals surface area contributed by atoms with E-state index >= 15 is 0 Å². The first-order valence-corrected chi connectivity index (χ1v) is 9.89. The number of hydrogen-bond donors (Lipinski definition) is 2. The van der Waals surface area contributed by atoms with Gasteiger partial charge in [0.1, 0.15) is 0 Å². The third-order valence-corrected chi connectivity index (χ3v) is 5.06. The molecule has 0 atom stereocenters. The van der Waals surface area contributed by atoms with Crippen LogP contribution in [0.4, 0.5) is 5.69 Å². The first-order valence-electron chi connectivity index (χ1n) is 9.89. The lowest BCUT2D eigenvalue weighted by molar-refractivity contribution is 0.190. The highest BCUT2D eigenvalue weighted by molar-refractivity contribution is 5.92. The maximum atomic E-state index is 6.01. The molecular weight excluding hydrogens is 328 g/mol. The summed E-state index contributed by atoms with van der Waals surface area (Å²) in [6.07, 6.45) is 5.82. The number of aliphatic imine (C=N–C) groups is 1. The third-order valence-electron chi connectivity index (χ3n) is 5.06. The van der Waals surface area contributed by atoms with Crippen LogP contribution in [0.25, 0.3) is 0 Å². The zero-order valence-corrected chi connectivity index (χ0v) is 15.9. The number of nitrogens with two attached hydrogens (primary N) is 1. The summed E-state index contributed by atoms with van der Waals surface area (Å²) in [5.41, 5.74) is 6.88. The number of rotatable bonds is 6. The quantitative estimate of drug-likeness (QED) is 0.463. The van der Waals surface area contributed by atoms with Crippen molar-refractivity contribution < 1.29 is 9.47 Å². The Kier molecular flexibility index (Phi) is 7.00. The van der Waals surface area contributed by atoms with Gasteiger partial charge in [0.15, 0.2) is 17.5 Å². The first kappa shape index (κ1) is 18.8. The van der Waals surface area contributed by atoms with Crippen LogP contribution in [0.5, 0.6) is 11.5 Å². The van der Waals surface area contributed by atoms with Gasteiger partial charge in [-0.25, -0.2) is 0 Å². The minimum atomic E-state index is 0.450. The lowest BCUT2D eigenvalue weighted by Gasteiger charge is -2.30. The normalized spacial score (nSPS) is 19.2. The summed E-state index contributed by atoms with van der Waals surface area (Å²) in [5.74, 6) is 2.89. The van der Waals surface area contributed by atoms with Crippen molar-refractivity contribution in [3.8, 4) is 11.5 Å². The Morgan fingerprint density at radius 3 is 2.77 bits per heavy atom. The summed E-state index contributed by atoms with van der Waals surface area (Å²) in [4.78, 5) is 7.01. The Balaban J connectivity index is 1.38. The molecule has 0 saturated carbocycles. The van der Waals surface area contributed by atoms with Crippen molar-refractivity contribution in [3.05, 3.63) is 18.2 Å². The number of hydrogen-bond acceptors (Lipinski definition) is 4. The molecule has 0 aromatic heterocycles. The molecule has 6 heteroatoms. The Hall–Kier alpha value is -1.95. The number of benzene rings is 1. The smallest absolute Gasteiger partial charge is 0.193 e. The molecule has 0 spiro atoms. The van der Waals surface area contributed by atoms with E-state index in [0.29, 0.717) is 19.2 Å². The molecule has 3 N–H and O–H groups in total. The predicted octanol–water partition coefficient (Wildman–Crippen LogP) is 3.09. The Bertz CT molecular complexity index is 597. The zero-order chi connectivity index (χ0) is 18.2. The molecule has 1 aromatic carbocycles. The molecule has 0 amide bonds. The molecule has 26 heavy (non-hydrogen) atoms. The molecule has 1 aromatic rings. The number of nitrogens with one attached hydrogen (secondary N) is 1. The van der Waals surface area contributed by atoms with Crippen LogP contribution in [0.3, 0.4) is 0 Å². The molecule has 0 unspecified atom stereocenters. The average molecular weight is 361 g/mol. The molecule has 6 nitrogen and oxygen atoms in total. The Morgan fingerprint density at radius 1 is 1.19 bits per heavy atom. The molecular formula is C20H32N4O2. The minimum absolute atomic E-state index is 0.450. The van der Waals surface area contributed by atoms with Crippen LogP contribution in [0.2, 0.25) is 0 Å². The van der Waals surface area contributed by atoms with Gasteiger partial charge in [-0.2, -0.15) is 0 Å². The van der Waals surface area contributed by atoms with Crippen LogP contribution in [0.15, 0.2) is 23.2 Å². The minimum Gasteiger partial charge on any atom is -0.490 e. The van der Waals surface area contributed by atoms with E-state index in [2.05, 4.69) is 22.1 Å². The largest absolute Gasteiger partial charge is 0.490 e. The van der Waals surface area contributed by atoms with Crippen LogP contribution in [0, 0.1) is 5.92 Å². The van der Waals surface area contributed by atoms with E-state index in [4.69, 9.17) is 15.2 Å². The third kappa shape index (κ3) is 5.80. The van der Waals surface area contributed by atoms with E-state index in [1.54, 1.807) is 0 Å². The summed E-state index contributed by atoms with van der Waals surface area (Å²) >= 11 is 0. The molecule has 0 aliphatic carbocycles. The van der Waals surface area contributed by atoms with E-state index in [1.165, 1.54) is 38.9 Å². The number of nitrogens with zero attached hydrogens (tertiary/aromatic N) is 2. The summed E-state index contributed by atoms with van der Waals surface area (Å²) in [5, 5.41) is 3.14. The molecule has 1 saturated heterocycles. The fourth-order valence-corrected chi connectivity index (χ4v) is 3.36. The highest BCUT2D eigenvalue weighted by Crippen LogP contribution is 2.32. The Morgan fingerprint density at radius 2 is 1.96 bits per heavy atom. The molecule has 144 valence electrons. The second-order valence-corrected chi connectivity index (χ2v) is 7.34. The average Bonchev–Trinajstić information content (AvgIpc) is 2.88.